The smallest absolute Gasteiger partial charge is 0.407 e. The van der Waals surface area contributed by atoms with Crippen LogP contribution < -0.4 is 10.2 Å². The van der Waals surface area contributed by atoms with E-state index in [4.69, 9.17) is 9.47 Å². The number of carbonyl (C=O) groups excluding carboxylic acids is 1. The summed E-state index contributed by atoms with van der Waals surface area (Å²) in [5, 5.41) is 7.34. The van der Waals surface area contributed by atoms with Gasteiger partial charge in [0.2, 0.25) is 0 Å². The maximum Gasteiger partial charge on any atom is 0.407 e. The fourth-order valence-corrected chi connectivity index (χ4v) is 4.29. The van der Waals surface area contributed by atoms with Crippen LogP contribution in [-0.4, -0.2) is 52.6 Å². The highest BCUT2D eigenvalue weighted by molar-refractivity contribution is 5.80. The number of fused-ring (bicyclic) bond motifs is 1. The zero-order chi connectivity index (χ0) is 23.0. The number of aromatic nitrogens is 3. The van der Waals surface area contributed by atoms with Gasteiger partial charge in [-0.2, -0.15) is 5.10 Å². The summed E-state index contributed by atoms with van der Waals surface area (Å²) in [5.41, 5.74) is 6.00. The molecule has 2 aromatic heterocycles. The van der Waals surface area contributed by atoms with Gasteiger partial charge in [-0.05, 0) is 62.8 Å². The molecule has 2 aliphatic rings. The second kappa shape index (κ2) is 8.67. The van der Waals surface area contributed by atoms with Gasteiger partial charge in [0.15, 0.2) is 0 Å². The van der Waals surface area contributed by atoms with Crippen molar-refractivity contribution < 1.29 is 14.3 Å². The number of benzene rings is 1. The number of morpholine rings is 1. The highest BCUT2D eigenvalue weighted by Gasteiger charge is 2.27. The van der Waals surface area contributed by atoms with Crippen LogP contribution in [0.5, 0.6) is 0 Å². The largest absolute Gasteiger partial charge is 0.444 e. The van der Waals surface area contributed by atoms with E-state index in [1.165, 1.54) is 18.4 Å². The maximum atomic E-state index is 12.1. The Morgan fingerprint density at radius 2 is 2.00 bits per heavy atom. The first-order valence-corrected chi connectivity index (χ1v) is 11.6. The lowest BCUT2D eigenvalue weighted by atomic mass is 9.98. The zero-order valence-electron chi connectivity index (χ0n) is 19.5. The fraction of sp³-hybridized carbons (Fsp3) is 0.480. The van der Waals surface area contributed by atoms with E-state index < -0.39 is 11.7 Å². The van der Waals surface area contributed by atoms with Gasteiger partial charge in [-0.1, -0.05) is 12.1 Å². The van der Waals surface area contributed by atoms with Crippen molar-refractivity contribution in [3.63, 3.8) is 0 Å². The molecule has 0 bridgehead atoms. The van der Waals surface area contributed by atoms with E-state index in [0.717, 1.165) is 54.3 Å². The van der Waals surface area contributed by atoms with Gasteiger partial charge in [0.1, 0.15) is 11.9 Å². The summed E-state index contributed by atoms with van der Waals surface area (Å²) in [6, 6.07) is 8.58. The lowest BCUT2D eigenvalue weighted by Gasteiger charge is -2.27. The number of anilines is 1. The Labute approximate surface area is 193 Å². The van der Waals surface area contributed by atoms with E-state index in [-0.39, 0.29) is 0 Å². The second-order valence-corrected chi connectivity index (χ2v) is 9.78. The zero-order valence-corrected chi connectivity index (χ0v) is 19.5. The third-order valence-electron chi connectivity index (χ3n) is 6.03. The van der Waals surface area contributed by atoms with Crippen LogP contribution >= 0.6 is 0 Å². The van der Waals surface area contributed by atoms with Gasteiger partial charge >= 0.3 is 6.09 Å². The van der Waals surface area contributed by atoms with Crippen LogP contribution in [0.4, 0.5) is 10.5 Å². The molecular weight excluding hydrogens is 418 g/mol. The van der Waals surface area contributed by atoms with E-state index in [9.17, 15) is 4.79 Å². The van der Waals surface area contributed by atoms with E-state index >= 15 is 0 Å². The van der Waals surface area contributed by atoms with Crippen LogP contribution in [0, 0.1) is 0 Å². The van der Waals surface area contributed by atoms with Crippen molar-refractivity contribution in [3.05, 3.63) is 47.9 Å². The number of nitrogens with zero attached hydrogens (tertiary/aromatic N) is 4. The Bertz CT molecular complexity index is 1160. The average Bonchev–Trinajstić information content (AvgIpc) is 3.54. The summed E-state index contributed by atoms with van der Waals surface area (Å²) < 4.78 is 12.8. The van der Waals surface area contributed by atoms with E-state index in [2.05, 4.69) is 50.8 Å². The summed E-state index contributed by atoms with van der Waals surface area (Å²) in [7, 11) is 0. The highest BCUT2D eigenvalue weighted by Crippen LogP contribution is 2.43. The Kier molecular flexibility index (Phi) is 5.70. The van der Waals surface area contributed by atoms with Gasteiger partial charge in [-0.15, -0.1) is 0 Å². The first-order valence-electron chi connectivity index (χ1n) is 11.6. The summed E-state index contributed by atoms with van der Waals surface area (Å²) in [6.45, 7) is 9.30. The van der Waals surface area contributed by atoms with Crippen LogP contribution in [0.25, 0.3) is 16.8 Å². The third-order valence-corrected chi connectivity index (χ3v) is 6.03. The Morgan fingerprint density at radius 1 is 1.21 bits per heavy atom. The second-order valence-electron chi connectivity index (χ2n) is 9.78. The van der Waals surface area contributed by atoms with Gasteiger partial charge in [0.05, 0.1) is 36.3 Å². The molecule has 1 saturated heterocycles. The first-order chi connectivity index (χ1) is 15.9. The molecule has 1 amide bonds. The van der Waals surface area contributed by atoms with Crippen molar-refractivity contribution in [2.24, 2.45) is 0 Å². The summed E-state index contributed by atoms with van der Waals surface area (Å²) in [5.74, 6) is 0.536. The Hall–Kier alpha value is -3.13. The van der Waals surface area contributed by atoms with E-state index in [1.54, 1.807) is 6.33 Å². The molecule has 1 aromatic carbocycles. The van der Waals surface area contributed by atoms with Crippen LogP contribution in [0.2, 0.25) is 0 Å². The average molecular weight is 450 g/mol. The predicted octanol–water partition coefficient (Wildman–Crippen LogP) is 4.14. The van der Waals surface area contributed by atoms with Crippen LogP contribution in [0.3, 0.4) is 0 Å². The van der Waals surface area contributed by atoms with Crippen molar-refractivity contribution in [1.29, 1.82) is 0 Å². The quantitative estimate of drug-likeness (QED) is 0.631. The Balaban J connectivity index is 1.42. The van der Waals surface area contributed by atoms with Crippen molar-refractivity contribution in [2.75, 3.05) is 31.2 Å². The van der Waals surface area contributed by atoms with Gasteiger partial charge in [0, 0.05) is 25.2 Å². The molecule has 0 radical (unpaired) electrons. The number of carbonyl (C=O) groups is 1. The minimum atomic E-state index is -0.511. The lowest BCUT2D eigenvalue weighted by molar-refractivity contribution is 0.0523. The van der Waals surface area contributed by atoms with Crippen LogP contribution in [-0.2, 0) is 16.0 Å². The minimum Gasteiger partial charge on any atom is -0.444 e. The number of rotatable bonds is 5. The molecule has 3 aromatic rings. The van der Waals surface area contributed by atoms with Crippen LogP contribution in [0.15, 0.2) is 36.8 Å². The molecular formula is C25H31N5O3. The summed E-state index contributed by atoms with van der Waals surface area (Å²) >= 11 is 0. The summed E-state index contributed by atoms with van der Waals surface area (Å²) in [4.78, 5) is 19.1. The van der Waals surface area contributed by atoms with Gasteiger partial charge in [-0.3, -0.25) is 0 Å². The molecule has 5 rings (SSSR count). The van der Waals surface area contributed by atoms with Gasteiger partial charge in [0.25, 0.3) is 0 Å². The number of hydrogen-bond donors (Lipinski definition) is 1. The summed E-state index contributed by atoms with van der Waals surface area (Å²) in [6.07, 6.45) is 5.63. The molecule has 8 heteroatoms. The monoisotopic (exact) mass is 449 g/mol. The molecule has 0 unspecified atom stereocenters. The topological polar surface area (TPSA) is 81.0 Å². The van der Waals surface area contributed by atoms with Gasteiger partial charge in [-0.25, -0.2) is 14.3 Å². The lowest BCUT2D eigenvalue weighted by Crippen LogP contribution is -2.35. The van der Waals surface area contributed by atoms with Crippen molar-refractivity contribution in [1.82, 2.24) is 19.9 Å². The molecule has 1 N–H and O–H groups in total. The fourth-order valence-electron chi connectivity index (χ4n) is 4.29. The molecule has 0 spiro atoms. The minimum absolute atomic E-state index is 0.394. The molecule has 2 fully saturated rings. The number of hydrogen-bond acceptors (Lipinski definition) is 6. The number of ether oxygens (including phenoxy) is 2. The normalized spacial score (nSPS) is 16.8. The third kappa shape index (κ3) is 4.95. The highest BCUT2D eigenvalue weighted by atomic mass is 16.6. The molecule has 8 nitrogen and oxygen atoms in total. The van der Waals surface area contributed by atoms with Crippen molar-refractivity contribution >= 4 is 17.3 Å². The molecule has 1 aliphatic heterocycles. The molecule has 33 heavy (non-hydrogen) atoms. The standard InChI is InChI=1S/C25H31N5O3/c1-25(2,3)33-24(31)26-14-19-7-6-18(12-21(19)17-4-5-17)23-22-13-20(15-30(22)28-16-27-23)29-8-10-32-11-9-29/h6-7,12-13,15-17H,4-5,8-11,14H2,1-3H3,(H,26,31). The number of nitrogens with one attached hydrogen (secondary N) is 1. The van der Waals surface area contributed by atoms with Gasteiger partial charge < -0.3 is 19.7 Å². The number of amides is 1. The molecule has 0 atom stereocenters. The molecule has 3 heterocycles. The Morgan fingerprint density at radius 3 is 2.73 bits per heavy atom. The molecule has 174 valence electrons. The predicted molar refractivity (Wildman–Crippen MR) is 127 cm³/mol. The van der Waals surface area contributed by atoms with Crippen molar-refractivity contribution in [3.8, 4) is 11.3 Å². The SMILES string of the molecule is CC(C)(C)OC(=O)NCc1ccc(-c2ncnn3cc(N4CCOCC4)cc23)cc1C1CC1. The van der Waals surface area contributed by atoms with Crippen LogP contribution in [0.1, 0.15) is 50.7 Å². The van der Waals surface area contributed by atoms with E-state index in [0.29, 0.717) is 12.5 Å². The molecule has 1 aliphatic carbocycles. The first kappa shape index (κ1) is 21.7. The van der Waals surface area contributed by atoms with Crippen molar-refractivity contribution in [2.45, 2.75) is 51.7 Å². The number of alkyl carbamates (subject to hydrolysis) is 1. The van der Waals surface area contributed by atoms with E-state index in [1.807, 2.05) is 25.3 Å². The molecule has 1 saturated carbocycles. The maximum absolute atomic E-state index is 12.1.